The Hall–Kier alpha value is -3.14. The summed E-state index contributed by atoms with van der Waals surface area (Å²) in [7, 11) is 2.78. The van der Waals surface area contributed by atoms with Crippen molar-refractivity contribution in [3.05, 3.63) is 70.3 Å². The zero-order chi connectivity index (χ0) is 20.5. The van der Waals surface area contributed by atoms with E-state index < -0.39 is 12.0 Å². The largest absolute Gasteiger partial charge is 0.468 e. The van der Waals surface area contributed by atoms with Crippen LogP contribution in [0.1, 0.15) is 40.8 Å². The predicted octanol–water partition coefficient (Wildman–Crippen LogP) is 3.28. The predicted molar refractivity (Wildman–Crippen MR) is 107 cm³/mol. The summed E-state index contributed by atoms with van der Waals surface area (Å²) in [5.41, 5.74) is 7.62. The van der Waals surface area contributed by atoms with Crippen molar-refractivity contribution in [2.45, 2.75) is 26.5 Å². The summed E-state index contributed by atoms with van der Waals surface area (Å²) in [5.74, 6) is 2.12. The number of esters is 1. The minimum atomic E-state index is -0.769. The molecule has 0 aliphatic rings. The molecule has 2 rings (SSSR count). The fourth-order valence-electron chi connectivity index (χ4n) is 2.72. The molecule has 6 nitrogen and oxygen atoms in total. The average Bonchev–Trinajstić information content (AvgIpc) is 2.72. The first-order valence-electron chi connectivity index (χ1n) is 8.70. The topological polar surface area (TPSA) is 69.1 Å². The van der Waals surface area contributed by atoms with Crippen molar-refractivity contribution in [2.24, 2.45) is 5.16 Å². The van der Waals surface area contributed by atoms with Crippen LogP contribution in [0.3, 0.4) is 0 Å². The highest BCUT2D eigenvalue weighted by molar-refractivity contribution is 5.98. The molecular formula is C22H24N2O4. The van der Waals surface area contributed by atoms with Crippen LogP contribution >= 0.6 is 0 Å². The molecule has 146 valence electrons. The number of benzene rings is 2. The molecule has 0 bridgehead atoms. The summed E-state index contributed by atoms with van der Waals surface area (Å²) in [4.78, 5) is 22.7. The van der Waals surface area contributed by atoms with Gasteiger partial charge in [-0.2, -0.15) is 5.48 Å². The summed E-state index contributed by atoms with van der Waals surface area (Å²) in [6.07, 6.45) is 5.37. The van der Waals surface area contributed by atoms with Gasteiger partial charge >= 0.3 is 5.97 Å². The monoisotopic (exact) mass is 380 g/mol. The van der Waals surface area contributed by atoms with Crippen LogP contribution in [0.2, 0.25) is 0 Å². The Morgan fingerprint density at radius 3 is 2.54 bits per heavy atom. The number of carbonyl (C=O) groups is 1. The second-order valence-corrected chi connectivity index (χ2v) is 6.09. The van der Waals surface area contributed by atoms with Gasteiger partial charge in [0, 0.05) is 11.1 Å². The van der Waals surface area contributed by atoms with Crippen LogP contribution in [0.25, 0.3) is 0 Å². The molecule has 0 spiro atoms. The molecular weight excluding hydrogens is 356 g/mol. The molecule has 0 aliphatic heterocycles. The van der Waals surface area contributed by atoms with Crippen LogP contribution in [-0.2, 0) is 25.8 Å². The van der Waals surface area contributed by atoms with Crippen molar-refractivity contribution >= 4 is 11.7 Å². The van der Waals surface area contributed by atoms with E-state index in [1.54, 1.807) is 0 Å². The van der Waals surface area contributed by atoms with E-state index >= 15 is 0 Å². The number of rotatable bonds is 8. The Bertz CT molecular complexity index is 882. The zero-order valence-corrected chi connectivity index (χ0v) is 16.5. The molecule has 2 aromatic rings. The van der Waals surface area contributed by atoms with Crippen LogP contribution in [0.5, 0.6) is 0 Å². The Kier molecular flexibility index (Phi) is 7.76. The summed E-state index contributed by atoms with van der Waals surface area (Å²) in [5, 5.41) is 4.19. The molecule has 28 heavy (non-hydrogen) atoms. The number of aryl methyl sites for hydroxylation is 1. The highest BCUT2D eigenvalue weighted by atomic mass is 16.6. The standard InChI is InChI=1S/C22H24N2O4/c1-6-17-10-12-18(13-11-17)16(3)23-28-14-20-15(2)8-7-9-19(20)21(24-27-5)22(25)26-4/h1,7-13,21,24H,14H2,2-5H3/b23-16+. The van der Waals surface area contributed by atoms with Crippen molar-refractivity contribution in [3.63, 3.8) is 0 Å². The SMILES string of the molecule is C#Cc1ccc(/C(C)=N/OCc2c(C)cccc2C(NOC)C(=O)OC)cc1. The van der Waals surface area contributed by atoms with Crippen molar-refractivity contribution < 1.29 is 19.2 Å². The van der Waals surface area contributed by atoms with Crippen molar-refractivity contribution in [3.8, 4) is 12.3 Å². The summed E-state index contributed by atoms with van der Waals surface area (Å²) in [6.45, 7) is 3.99. The Labute approximate surface area is 165 Å². The maximum Gasteiger partial charge on any atom is 0.329 e. The first kappa shape index (κ1) is 21.2. The quantitative estimate of drug-likeness (QED) is 0.329. The van der Waals surface area contributed by atoms with E-state index in [0.717, 1.165) is 28.0 Å². The molecule has 1 unspecified atom stereocenters. The fraction of sp³-hybridized carbons (Fsp3) is 0.273. The van der Waals surface area contributed by atoms with Crippen LogP contribution in [0, 0.1) is 19.3 Å². The molecule has 0 radical (unpaired) electrons. The molecule has 0 aliphatic carbocycles. The number of ether oxygens (including phenoxy) is 1. The summed E-state index contributed by atoms with van der Waals surface area (Å²) in [6, 6.07) is 12.4. The zero-order valence-electron chi connectivity index (χ0n) is 16.5. The fourth-order valence-corrected chi connectivity index (χ4v) is 2.72. The molecule has 1 N–H and O–H groups in total. The third-order valence-electron chi connectivity index (χ3n) is 4.31. The van der Waals surface area contributed by atoms with E-state index in [-0.39, 0.29) is 6.61 Å². The average molecular weight is 380 g/mol. The molecule has 1 atom stereocenters. The first-order valence-corrected chi connectivity index (χ1v) is 8.70. The summed E-state index contributed by atoms with van der Waals surface area (Å²) >= 11 is 0. The Morgan fingerprint density at radius 1 is 1.21 bits per heavy atom. The van der Waals surface area contributed by atoms with Gasteiger partial charge in [0.2, 0.25) is 0 Å². The van der Waals surface area contributed by atoms with Crippen molar-refractivity contribution in [1.29, 1.82) is 0 Å². The minimum absolute atomic E-state index is 0.195. The van der Waals surface area contributed by atoms with Gasteiger partial charge in [0.25, 0.3) is 0 Å². The van der Waals surface area contributed by atoms with Gasteiger partial charge in [-0.05, 0) is 42.7 Å². The second kappa shape index (κ2) is 10.3. The second-order valence-electron chi connectivity index (χ2n) is 6.09. The Morgan fingerprint density at radius 2 is 1.93 bits per heavy atom. The van der Waals surface area contributed by atoms with Gasteiger partial charge in [0.1, 0.15) is 6.61 Å². The van der Waals surface area contributed by atoms with Gasteiger partial charge < -0.3 is 14.4 Å². The number of carbonyl (C=O) groups excluding carboxylic acids is 1. The lowest BCUT2D eigenvalue weighted by molar-refractivity contribution is -0.147. The van der Waals surface area contributed by atoms with E-state index in [1.165, 1.54) is 14.2 Å². The van der Waals surface area contributed by atoms with Crippen molar-refractivity contribution in [1.82, 2.24) is 5.48 Å². The normalized spacial score (nSPS) is 12.2. The minimum Gasteiger partial charge on any atom is -0.468 e. The molecule has 2 aromatic carbocycles. The van der Waals surface area contributed by atoms with Crippen molar-refractivity contribution in [2.75, 3.05) is 14.2 Å². The first-order chi connectivity index (χ1) is 13.5. The Balaban J connectivity index is 2.21. The number of hydrogen-bond acceptors (Lipinski definition) is 6. The van der Waals surface area contributed by atoms with E-state index in [4.69, 9.17) is 20.8 Å². The highest BCUT2D eigenvalue weighted by Gasteiger charge is 2.25. The van der Waals surface area contributed by atoms with E-state index in [0.29, 0.717) is 5.56 Å². The van der Waals surface area contributed by atoms with Gasteiger partial charge in [-0.25, -0.2) is 4.79 Å². The van der Waals surface area contributed by atoms with Crippen LogP contribution in [0.15, 0.2) is 47.6 Å². The lowest BCUT2D eigenvalue weighted by Gasteiger charge is -2.19. The number of oxime groups is 1. The molecule has 0 saturated heterocycles. The van der Waals surface area contributed by atoms with E-state index in [1.807, 2.05) is 56.3 Å². The third kappa shape index (κ3) is 5.19. The van der Waals surface area contributed by atoms with E-state index in [9.17, 15) is 4.79 Å². The number of terminal acetylenes is 1. The van der Waals surface area contributed by atoms with Gasteiger partial charge in [-0.15, -0.1) is 6.42 Å². The highest BCUT2D eigenvalue weighted by Crippen LogP contribution is 2.23. The maximum absolute atomic E-state index is 12.1. The lowest BCUT2D eigenvalue weighted by atomic mass is 9.97. The molecule has 0 amide bonds. The van der Waals surface area contributed by atoms with Gasteiger partial charge in [-0.3, -0.25) is 0 Å². The number of nitrogens with one attached hydrogen (secondary N) is 1. The van der Waals surface area contributed by atoms with Crippen LogP contribution < -0.4 is 5.48 Å². The third-order valence-corrected chi connectivity index (χ3v) is 4.31. The number of nitrogens with zero attached hydrogens (tertiary/aromatic N) is 1. The molecule has 0 fully saturated rings. The van der Waals surface area contributed by atoms with Crippen LogP contribution in [-0.4, -0.2) is 25.9 Å². The number of hydroxylamine groups is 1. The molecule has 0 saturated carbocycles. The van der Waals surface area contributed by atoms with E-state index in [2.05, 4.69) is 16.6 Å². The molecule has 6 heteroatoms. The van der Waals surface area contributed by atoms with Gasteiger partial charge in [-0.1, -0.05) is 41.4 Å². The summed E-state index contributed by atoms with van der Waals surface area (Å²) < 4.78 is 4.87. The maximum atomic E-state index is 12.1. The van der Waals surface area contributed by atoms with Gasteiger partial charge in [0.15, 0.2) is 6.04 Å². The molecule has 0 aromatic heterocycles. The number of hydrogen-bond donors (Lipinski definition) is 1. The van der Waals surface area contributed by atoms with Crippen LogP contribution in [0.4, 0.5) is 0 Å². The van der Waals surface area contributed by atoms with Gasteiger partial charge in [0.05, 0.1) is 19.9 Å². The lowest BCUT2D eigenvalue weighted by Crippen LogP contribution is -2.30. The molecule has 0 heterocycles. The number of methoxy groups -OCH3 is 1. The smallest absolute Gasteiger partial charge is 0.329 e.